The molecule has 0 spiro atoms. The summed E-state index contributed by atoms with van der Waals surface area (Å²) < 4.78 is 0. The van der Waals surface area contributed by atoms with Crippen LogP contribution in [-0.4, -0.2) is 4.83 Å². The second-order valence-electron chi connectivity index (χ2n) is 5.12. The zero-order chi connectivity index (χ0) is 10.9. The van der Waals surface area contributed by atoms with E-state index in [9.17, 15) is 0 Å². The molecule has 1 aliphatic rings. The van der Waals surface area contributed by atoms with E-state index in [2.05, 4.69) is 22.9 Å². The highest BCUT2D eigenvalue weighted by Crippen LogP contribution is 2.33. The Labute approximate surface area is 104 Å². The molecular weight excluding hydrogens is 248 g/mol. The molecule has 2 atom stereocenters. The standard InChI is InChI=1S/C14H27Br/c1-2-3-4-5-6-7-10-13-11-8-9-12-14(13)15/h13-14H,2-12H2,1H3. The molecule has 2 unspecified atom stereocenters. The zero-order valence-electron chi connectivity index (χ0n) is 10.3. The second kappa shape index (κ2) is 8.61. The van der Waals surface area contributed by atoms with Crippen molar-refractivity contribution in [3.05, 3.63) is 0 Å². The van der Waals surface area contributed by atoms with Crippen LogP contribution in [0.1, 0.15) is 77.6 Å². The molecule has 0 amide bonds. The van der Waals surface area contributed by atoms with Gasteiger partial charge in [0.2, 0.25) is 0 Å². The Morgan fingerprint density at radius 3 is 2.33 bits per heavy atom. The zero-order valence-corrected chi connectivity index (χ0v) is 11.9. The summed E-state index contributed by atoms with van der Waals surface area (Å²) in [5.74, 6) is 0.991. The van der Waals surface area contributed by atoms with Crippen molar-refractivity contribution in [3.63, 3.8) is 0 Å². The first kappa shape index (κ1) is 13.5. The summed E-state index contributed by atoms with van der Waals surface area (Å²) in [6.45, 7) is 2.29. The van der Waals surface area contributed by atoms with Crippen molar-refractivity contribution in [1.82, 2.24) is 0 Å². The average Bonchev–Trinajstić information content (AvgIpc) is 2.25. The Morgan fingerprint density at radius 1 is 0.933 bits per heavy atom. The molecule has 0 bridgehead atoms. The average molecular weight is 275 g/mol. The molecule has 0 heterocycles. The summed E-state index contributed by atoms with van der Waals surface area (Å²) in [4.78, 5) is 0.835. The van der Waals surface area contributed by atoms with Gasteiger partial charge in [-0.1, -0.05) is 74.2 Å². The van der Waals surface area contributed by atoms with Crippen LogP contribution in [0.2, 0.25) is 0 Å². The fourth-order valence-corrected chi connectivity index (χ4v) is 3.53. The molecular formula is C14H27Br. The van der Waals surface area contributed by atoms with Gasteiger partial charge in [-0.25, -0.2) is 0 Å². The quantitative estimate of drug-likeness (QED) is 0.413. The Morgan fingerprint density at radius 2 is 1.60 bits per heavy atom. The Bertz CT molecular complexity index is 144. The van der Waals surface area contributed by atoms with Crippen LogP contribution in [0.15, 0.2) is 0 Å². The van der Waals surface area contributed by atoms with Crippen LogP contribution in [0.4, 0.5) is 0 Å². The maximum Gasteiger partial charge on any atom is 0.0174 e. The van der Waals surface area contributed by atoms with E-state index < -0.39 is 0 Å². The van der Waals surface area contributed by atoms with Crippen LogP contribution in [0.3, 0.4) is 0 Å². The van der Waals surface area contributed by atoms with Crippen LogP contribution >= 0.6 is 15.9 Å². The SMILES string of the molecule is CCCCCCCCC1CCCCC1Br. The van der Waals surface area contributed by atoms with Crippen molar-refractivity contribution in [1.29, 1.82) is 0 Å². The molecule has 0 radical (unpaired) electrons. The minimum atomic E-state index is 0.835. The van der Waals surface area contributed by atoms with Crippen LogP contribution < -0.4 is 0 Å². The molecule has 1 aliphatic carbocycles. The molecule has 90 valence electrons. The van der Waals surface area contributed by atoms with Gasteiger partial charge in [0.15, 0.2) is 0 Å². The lowest BCUT2D eigenvalue weighted by Gasteiger charge is -2.27. The molecule has 0 aliphatic heterocycles. The highest BCUT2D eigenvalue weighted by atomic mass is 79.9. The van der Waals surface area contributed by atoms with E-state index in [0.29, 0.717) is 0 Å². The monoisotopic (exact) mass is 274 g/mol. The minimum Gasteiger partial charge on any atom is -0.0888 e. The third-order valence-corrected chi connectivity index (χ3v) is 4.95. The molecule has 0 aromatic heterocycles. The summed E-state index contributed by atoms with van der Waals surface area (Å²) in [7, 11) is 0. The van der Waals surface area contributed by atoms with Gasteiger partial charge in [-0.3, -0.25) is 0 Å². The summed E-state index contributed by atoms with van der Waals surface area (Å²) in [5.41, 5.74) is 0. The van der Waals surface area contributed by atoms with Crippen molar-refractivity contribution in [2.24, 2.45) is 5.92 Å². The number of alkyl halides is 1. The van der Waals surface area contributed by atoms with Gasteiger partial charge in [0.05, 0.1) is 0 Å². The fourth-order valence-electron chi connectivity index (χ4n) is 2.67. The van der Waals surface area contributed by atoms with E-state index in [0.717, 1.165) is 10.7 Å². The lowest BCUT2D eigenvalue weighted by atomic mass is 9.85. The van der Waals surface area contributed by atoms with Gasteiger partial charge < -0.3 is 0 Å². The topological polar surface area (TPSA) is 0 Å². The van der Waals surface area contributed by atoms with E-state index in [-0.39, 0.29) is 0 Å². The lowest BCUT2D eigenvalue weighted by Crippen LogP contribution is -2.18. The van der Waals surface area contributed by atoms with Crippen LogP contribution in [-0.2, 0) is 0 Å². The highest BCUT2D eigenvalue weighted by Gasteiger charge is 2.21. The Kier molecular flexibility index (Phi) is 7.78. The van der Waals surface area contributed by atoms with E-state index >= 15 is 0 Å². The molecule has 0 N–H and O–H groups in total. The lowest BCUT2D eigenvalue weighted by molar-refractivity contribution is 0.343. The van der Waals surface area contributed by atoms with Crippen molar-refractivity contribution < 1.29 is 0 Å². The summed E-state index contributed by atoms with van der Waals surface area (Å²) >= 11 is 3.85. The molecule has 1 fully saturated rings. The van der Waals surface area contributed by atoms with Crippen LogP contribution in [0.5, 0.6) is 0 Å². The fraction of sp³-hybridized carbons (Fsp3) is 1.00. The molecule has 0 saturated heterocycles. The molecule has 1 rings (SSSR count). The van der Waals surface area contributed by atoms with E-state index in [4.69, 9.17) is 0 Å². The van der Waals surface area contributed by atoms with Gasteiger partial charge in [0.25, 0.3) is 0 Å². The number of hydrogen-bond donors (Lipinski definition) is 0. The van der Waals surface area contributed by atoms with Crippen molar-refractivity contribution in [2.75, 3.05) is 0 Å². The second-order valence-corrected chi connectivity index (χ2v) is 6.29. The van der Waals surface area contributed by atoms with Gasteiger partial charge in [0.1, 0.15) is 0 Å². The number of unbranched alkanes of at least 4 members (excludes halogenated alkanes) is 5. The van der Waals surface area contributed by atoms with Gasteiger partial charge in [0, 0.05) is 4.83 Å². The third kappa shape index (κ3) is 5.94. The van der Waals surface area contributed by atoms with Crippen molar-refractivity contribution in [3.8, 4) is 0 Å². The summed E-state index contributed by atoms with van der Waals surface area (Å²) in [6.07, 6.45) is 16.0. The maximum atomic E-state index is 3.85. The number of rotatable bonds is 7. The van der Waals surface area contributed by atoms with Crippen molar-refractivity contribution >= 4 is 15.9 Å². The number of halogens is 1. The normalized spacial score (nSPS) is 26.8. The third-order valence-electron chi connectivity index (χ3n) is 3.74. The van der Waals surface area contributed by atoms with Gasteiger partial charge in [-0.15, -0.1) is 0 Å². The van der Waals surface area contributed by atoms with Gasteiger partial charge in [-0.05, 0) is 25.2 Å². The highest BCUT2D eigenvalue weighted by molar-refractivity contribution is 9.09. The molecule has 0 nitrogen and oxygen atoms in total. The number of hydrogen-bond acceptors (Lipinski definition) is 0. The molecule has 0 aromatic rings. The first-order valence-electron chi connectivity index (χ1n) is 6.98. The molecule has 1 saturated carbocycles. The molecule has 15 heavy (non-hydrogen) atoms. The summed E-state index contributed by atoms with van der Waals surface area (Å²) in [5, 5.41) is 0. The summed E-state index contributed by atoms with van der Waals surface area (Å²) in [6, 6.07) is 0. The maximum absolute atomic E-state index is 3.85. The molecule has 1 heteroatoms. The van der Waals surface area contributed by atoms with E-state index in [1.807, 2.05) is 0 Å². The molecule has 0 aromatic carbocycles. The predicted octanol–water partition coefficient (Wildman–Crippen LogP) is 5.69. The minimum absolute atomic E-state index is 0.835. The largest absolute Gasteiger partial charge is 0.0888 e. The van der Waals surface area contributed by atoms with Crippen LogP contribution in [0.25, 0.3) is 0 Å². The van der Waals surface area contributed by atoms with Gasteiger partial charge in [-0.2, -0.15) is 0 Å². The smallest absolute Gasteiger partial charge is 0.0174 e. The van der Waals surface area contributed by atoms with Gasteiger partial charge >= 0.3 is 0 Å². The Hall–Kier alpha value is 0.480. The first-order valence-corrected chi connectivity index (χ1v) is 7.90. The first-order chi connectivity index (χ1) is 7.34. The van der Waals surface area contributed by atoms with E-state index in [1.54, 1.807) is 0 Å². The van der Waals surface area contributed by atoms with E-state index in [1.165, 1.54) is 70.6 Å². The Balaban J connectivity index is 1.94. The predicted molar refractivity (Wildman–Crippen MR) is 72.7 cm³/mol. The van der Waals surface area contributed by atoms with Crippen molar-refractivity contribution in [2.45, 2.75) is 82.4 Å². The van der Waals surface area contributed by atoms with Crippen LogP contribution in [0, 0.1) is 5.92 Å².